The second kappa shape index (κ2) is 14.5. The van der Waals surface area contributed by atoms with Crippen LogP contribution in [0.4, 0.5) is 5.82 Å². The minimum atomic E-state index is -5.70. The van der Waals surface area contributed by atoms with Gasteiger partial charge in [-0.3, -0.25) is 18.5 Å². The van der Waals surface area contributed by atoms with E-state index in [1.165, 1.54) is 33.7 Å². The molecule has 246 valence electrons. The molecule has 0 spiro atoms. The van der Waals surface area contributed by atoms with Crippen LogP contribution >= 0.6 is 31.6 Å². The zero-order valence-electron chi connectivity index (χ0n) is 23.5. The van der Waals surface area contributed by atoms with Gasteiger partial charge in [0.25, 0.3) is 27.8 Å². The average molecular weight is 764 g/mol. The van der Waals surface area contributed by atoms with Crippen LogP contribution in [0.15, 0.2) is 35.6 Å². The van der Waals surface area contributed by atoms with Crippen LogP contribution in [0, 0.1) is 0 Å². The number of primary amides is 1. The van der Waals surface area contributed by atoms with Crippen molar-refractivity contribution in [3.05, 3.63) is 41.2 Å². The van der Waals surface area contributed by atoms with Crippen molar-refractivity contribution < 1.29 is 101 Å². The number of phosphoric ester groups is 2. The van der Waals surface area contributed by atoms with E-state index < -0.39 is 83.8 Å². The maximum absolute atomic E-state index is 12.3. The van der Waals surface area contributed by atoms with Crippen molar-refractivity contribution in [1.82, 2.24) is 19.5 Å². The first-order chi connectivity index (χ1) is 21.1. The van der Waals surface area contributed by atoms with E-state index in [0.717, 1.165) is 6.33 Å². The van der Waals surface area contributed by atoms with Crippen molar-refractivity contribution in [2.24, 2.45) is 5.73 Å². The Morgan fingerprint density at radius 1 is 1.04 bits per heavy atom. The number of hydrogen-bond donors (Lipinski definition) is 6. The Balaban J connectivity index is 0.00000480. The number of phosphoric acid groups is 2. The zero-order valence-corrected chi connectivity index (χ0v) is 28.8. The SMILES string of the molecule is NC(=O)c1ccc[n+]([C@@H]2O[C@H](COP(=O)([O-])OP(=O)([O-])OC[C@H]3O[C@@H](n4c(Br)nc5c(N)ncnc54)[C@H](O)[C@@H]3O)[C@@H](O)[C@H]2O)c1.[Na+]. The molecule has 0 aliphatic carbocycles. The number of pyridine rings is 1. The number of rotatable bonds is 11. The summed E-state index contributed by atoms with van der Waals surface area (Å²) in [6.45, 7) is -2.00. The van der Waals surface area contributed by atoms with Crippen LogP contribution in [0.3, 0.4) is 0 Å². The molecule has 3 aromatic rings. The molecule has 2 fully saturated rings. The number of amides is 1. The minimum Gasteiger partial charge on any atom is -0.756 e. The van der Waals surface area contributed by atoms with Gasteiger partial charge in [-0.15, -0.1) is 0 Å². The molecule has 21 nitrogen and oxygen atoms in total. The fraction of sp³-hybridized carbons (Fsp3) is 0.476. The van der Waals surface area contributed by atoms with E-state index in [1.807, 2.05) is 0 Å². The van der Waals surface area contributed by atoms with Crippen LogP contribution in [0.2, 0.25) is 0 Å². The van der Waals surface area contributed by atoms with Gasteiger partial charge < -0.3 is 60.2 Å². The maximum atomic E-state index is 12.3. The largest absolute Gasteiger partial charge is 1.00 e. The number of halogens is 1. The van der Waals surface area contributed by atoms with Gasteiger partial charge in [0.15, 0.2) is 46.4 Å². The number of aromatic nitrogens is 5. The summed E-state index contributed by atoms with van der Waals surface area (Å²) < 4.78 is 51.3. The van der Waals surface area contributed by atoms with E-state index in [1.54, 1.807) is 0 Å². The number of nitrogens with two attached hydrogens (primary N) is 2. The van der Waals surface area contributed by atoms with Crippen molar-refractivity contribution in [3.8, 4) is 0 Å². The predicted molar refractivity (Wildman–Crippen MR) is 143 cm³/mol. The second-order valence-electron chi connectivity index (χ2n) is 9.75. The van der Waals surface area contributed by atoms with Gasteiger partial charge in [-0.1, -0.05) is 0 Å². The van der Waals surface area contributed by atoms with E-state index in [-0.39, 0.29) is 56.8 Å². The number of imidazole rings is 1. The Bertz CT molecular complexity index is 1690. The van der Waals surface area contributed by atoms with Crippen LogP contribution in [-0.2, 0) is 32.0 Å². The van der Waals surface area contributed by atoms with E-state index in [0.29, 0.717) is 0 Å². The molecule has 25 heteroatoms. The molecule has 0 saturated carbocycles. The number of fused-ring (bicyclic) bond motifs is 1. The van der Waals surface area contributed by atoms with Crippen LogP contribution in [-0.4, -0.2) is 95.7 Å². The van der Waals surface area contributed by atoms with E-state index >= 15 is 0 Å². The van der Waals surface area contributed by atoms with Crippen LogP contribution < -0.4 is 55.4 Å². The summed E-state index contributed by atoms with van der Waals surface area (Å²) in [5.74, 6) is -0.767. The summed E-state index contributed by atoms with van der Waals surface area (Å²) in [7, 11) is -11.4. The third kappa shape index (κ3) is 7.85. The molecule has 0 radical (unpaired) electrons. The normalized spacial score (nSPS) is 30.5. The number of aliphatic hydroxyl groups excluding tert-OH is 4. The number of anilines is 1. The first kappa shape index (κ1) is 37.3. The van der Waals surface area contributed by atoms with Crippen LogP contribution in [0.1, 0.15) is 22.8 Å². The number of carbonyl (C=O) groups excluding carboxylic acids is 1. The molecule has 3 aromatic heterocycles. The smallest absolute Gasteiger partial charge is 0.756 e. The maximum Gasteiger partial charge on any atom is 1.00 e. The number of nitrogens with zero attached hydrogens (tertiary/aromatic N) is 5. The van der Waals surface area contributed by atoms with E-state index in [4.69, 9.17) is 20.9 Å². The van der Waals surface area contributed by atoms with Crippen molar-refractivity contribution in [3.63, 3.8) is 0 Å². The topological polar surface area (TPSA) is 324 Å². The predicted octanol–water partition coefficient (Wildman–Crippen LogP) is -6.51. The number of ether oxygens (including phenoxy) is 2. The Morgan fingerprint density at radius 2 is 1.65 bits per heavy atom. The minimum absolute atomic E-state index is 0. The Labute approximate surface area is 288 Å². The van der Waals surface area contributed by atoms with Crippen LogP contribution in [0.25, 0.3) is 11.2 Å². The van der Waals surface area contributed by atoms with Crippen molar-refractivity contribution >= 4 is 54.5 Å². The Morgan fingerprint density at radius 3 is 2.28 bits per heavy atom. The number of hydrogen-bond acceptors (Lipinski definition) is 18. The fourth-order valence-corrected chi connectivity index (χ4v) is 7.18. The standard InChI is InChI=1S/C21H26BrN7O14P2.Na/c22-21-27-11-16(23)25-7-26-18(11)29(21)20-15(33)13(31)10(42-20)6-40-45(37,38)43-44(35,36)39-5-9-12(30)14(32)19(41-9)28-3-1-2-8(4-28)17(24)34;/h1-4,7,9-10,12-15,19-20,30-33H,5-6H2,(H5-,23,24,25,26,34,35,36,37,38);/q;+1/p-1/t9-,10-,12-,13-,14-,15-,19-,20-;/m1./s1. The summed E-state index contributed by atoms with van der Waals surface area (Å²) in [6, 6.07) is 2.80. The molecule has 0 bridgehead atoms. The average Bonchev–Trinajstić information content (AvgIpc) is 3.56. The molecule has 10 atom stereocenters. The van der Waals surface area contributed by atoms with Gasteiger partial charge in [-0.2, -0.15) is 4.57 Å². The Hall–Kier alpha value is -1.53. The van der Waals surface area contributed by atoms with Gasteiger partial charge in [-0.05, 0) is 22.0 Å². The second-order valence-corrected chi connectivity index (χ2v) is 13.4. The third-order valence-electron chi connectivity index (χ3n) is 6.79. The van der Waals surface area contributed by atoms with Gasteiger partial charge >= 0.3 is 29.6 Å². The summed E-state index contributed by atoms with van der Waals surface area (Å²) >= 11 is 3.17. The quantitative estimate of drug-likeness (QED) is 0.0457. The molecular formula is C21H25BrN7NaO14P2. The van der Waals surface area contributed by atoms with Crippen molar-refractivity contribution in [2.75, 3.05) is 18.9 Å². The number of carbonyl (C=O) groups is 1. The van der Waals surface area contributed by atoms with E-state index in [2.05, 4.69) is 44.2 Å². The van der Waals surface area contributed by atoms with Gasteiger partial charge in [0.05, 0.1) is 13.2 Å². The molecule has 0 aromatic carbocycles. The summed E-state index contributed by atoms with van der Waals surface area (Å²) in [4.78, 5) is 48.0. The summed E-state index contributed by atoms with van der Waals surface area (Å²) in [5, 5.41) is 41.7. The van der Waals surface area contributed by atoms with Gasteiger partial charge in [0.2, 0.25) is 0 Å². The molecule has 46 heavy (non-hydrogen) atoms. The monoisotopic (exact) mass is 763 g/mol. The fourth-order valence-electron chi connectivity index (χ4n) is 4.61. The molecule has 5 heterocycles. The van der Waals surface area contributed by atoms with Gasteiger partial charge in [-0.25, -0.2) is 19.3 Å². The van der Waals surface area contributed by atoms with Gasteiger partial charge in [0, 0.05) is 6.07 Å². The molecule has 2 aliphatic rings. The van der Waals surface area contributed by atoms with Crippen molar-refractivity contribution in [2.45, 2.75) is 49.1 Å². The molecule has 2 saturated heterocycles. The third-order valence-corrected chi connectivity index (χ3v) is 9.88. The van der Waals surface area contributed by atoms with Crippen LogP contribution in [0.5, 0.6) is 0 Å². The first-order valence-corrected chi connectivity index (χ1v) is 16.4. The zero-order chi connectivity index (χ0) is 32.8. The molecule has 8 N–H and O–H groups in total. The number of aliphatic hydroxyl groups is 4. The molecule has 1 amide bonds. The first-order valence-electron chi connectivity index (χ1n) is 12.7. The van der Waals surface area contributed by atoms with Crippen molar-refractivity contribution in [1.29, 1.82) is 0 Å². The molecule has 5 rings (SSSR count). The molecule has 2 unspecified atom stereocenters. The molecular weight excluding hydrogens is 739 g/mol. The Kier molecular flexibility index (Phi) is 11.8. The molecule has 2 aliphatic heterocycles. The van der Waals surface area contributed by atoms with Gasteiger partial charge in [0.1, 0.15) is 42.4 Å². The van der Waals surface area contributed by atoms with E-state index in [9.17, 15) is 44.1 Å². The summed E-state index contributed by atoms with van der Waals surface area (Å²) in [5.41, 5.74) is 11.3. The summed E-state index contributed by atoms with van der Waals surface area (Å²) in [6.07, 6.45) is -8.63. The number of nitrogen functional groups attached to an aromatic ring is 1.